The van der Waals surface area contributed by atoms with Crippen molar-refractivity contribution in [1.29, 1.82) is 0 Å². The maximum absolute atomic E-state index is 13.4. The first-order valence-electron chi connectivity index (χ1n) is 6.12. The van der Waals surface area contributed by atoms with Crippen molar-refractivity contribution in [1.82, 2.24) is 14.9 Å². The molecule has 0 fully saturated rings. The third kappa shape index (κ3) is 5.98. The normalized spacial score (nSPS) is 11.6. The van der Waals surface area contributed by atoms with Crippen LogP contribution in [0.1, 0.15) is 13.8 Å². The van der Waals surface area contributed by atoms with E-state index in [2.05, 4.69) is 15.0 Å². The minimum Gasteiger partial charge on any atom is -0.429 e. The number of carbonyl (C=O) groups excluding carboxylic acids is 1. The molecule has 1 aromatic rings. The molecule has 0 aliphatic rings. The van der Waals surface area contributed by atoms with E-state index in [1.165, 1.54) is 6.34 Å². The highest BCUT2D eigenvalue weighted by atomic mass is 19.1. The summed E-state index contributed by atoms with van der Waals surface area (Å²) in [7, 11) is 3.45. The van der Waals surface area contributed by atoms with Gasteiger partial charge in [0.1, 0.15) is 6.61 Å². The van der Waals surface area contributed by atoms with E-state index >= 15 is 0 Å². The summed E-state index contributed by atoms with van der Waals surface area (Å²) in [5.74, 6) is -0.954. The van der Waals surface area contributed by atoms with Gasteiger partial charge in [-0.15, -0.1) is 0 Å². The van der Waals surface area contributed by atoms with E-state index in [0.717, 1.165) is 11.8 Å². The zero-order valence-corrected chi connectivity index (χ0v) is 12.3. The maximum atomic E-state index is 13.4. The highest BCUT2D eigenvalue weighted by Gasteiger charge is 2.12. The van der Waals surface area contributed by atoms with Crippen molar-refractivity contribution in [3.63, 3.8) is 0 Å². The van der Waals surface area contributed by atoms with Crippen LogP contribution in [0.5, 0.6) is 6.01 Å². The third-order valence-electron chi connectivity index (χ3n) is 2.20. The lowest BCUT2D eigenvalue weighted by atomic mass is 10.3. The highest BCUT2D eigenvalue weighted by molar-refractivity contribution is 5.63. The smallest absolute Gasteiger partial charge is 0.429 e. The quantitative estimate of drug-likeness (QED) is 0.359. The molecule has 0 aliphatic carbocycles. The first kappa shape index (κ1) is 16.5. The molecule has 1 rings (SSSR count). The van der Waals surface area contributed by atoms with Crippen molar-refractivity contribution < 1.29 is 18.7 Å². The molecular weight excluding hydrogens is 279 g/mol. The maximum Gasteiger partial charge on any atom is 0.516 e. The summed E-state index contributed by atoms with van der Waals surface area (Å²) in [4.78, 5) is 24.0. The molecule has 0 radical (unpaired) electrons. The molecule has 0 atom stereocenters. The second-order valence-corrected chi connectivity index (χ2v) is 4.31. The molecule has 0 bridgehead atoms. The van der Waals surface area contributed by atoms with E-state index in [1.807, 2.05) is 6.92 Å². The van der Waals surface area contributed by atoms with E-state index < -0.39 is 12.0 Å². The Bertz CT molecular complexity index is 558. The number of allylic oxidation sites excluding steroid dienone is 1. The van der Waals surface area contributed by atoms with Crippen LogP contribution in [0.3, 0.4) is 0 Å². The van der Waals surface area contributed by atoms with Gasteiger partial charge in [-0.2, -0.15) is 4.98 Å². The molecule has 0 aromatic carbocycles. The van der Waals surface area contributed by atoms with Gasteiger partial charge in [0.15, 0.2) is 11.6 Å². The van der Waals surface area contributed by atoms with Gasteiger partial charge in [-0.05, 0) is 19.4 Å². The van der Waals surface area contributed by atoms with Gasteiger partial charge >= 0.3 is 12.2 Å². The van der Waals surface area contributed by atoms with Crippen LogP contribution in [0.15, 0.2) is 22.8 Å². The number of rotatable bonds is 5. The van der Waals surface area contributed by atoms with Crippen LogP contribution in [-0.2, 0) is 4.74 Å². The lowest BCUT2D eigenvalue weighted by molar-refractivity contribution is 0.104. The average Bonchev–Trinajstić information content (AvgIpc) is 2.45. The summed E-state index contributed by atoms with van der Waals surface area (Å²) in [6.07, 6.45) is 3.07. The van der Waals surface area contributed by atoms with E-state index in [1.54, 1.807) is 32.0 Å². The molecule has 7 nitrogen and oxygen atoms in total. The van der Waals surface area contributed by atoms with Gasteiger partial charge in [0.2, 0.25) is 0 Å². The topological polar surface area (TPSA) is 76.9 Å². The number of carbonyl (C=O) groups is 1. The number of halogens is 1. The number of aromatic nitrogens is 2. The Morgan fingerprint density at radius 3 is 2.86 bits per heavy atom. The molecule has 0 saturated carbocycles. The number of hydrogen-bond donors (Lipinski definition) is 0. The minimum absolute atomic E-state index is 0.0994. The zero-order chi connectivity index (χ0) is 15.8. The Kier molecular flexibility index (Phi) is 6.25. The highest BCUT2D eigenvalue weighted by Crippen LogP contribution is 2.16. The molecule has 0 spiro atoms. The lowest BCUT2D eigenvalue weighted by Gasteiger charge is -2.06. The van der Waals surface area contributed by atoms with Gasteiger partial charge < -0.3 is 14.4 Å². The Balaban J connectivity index is 2.71. The molecule has 8 heteroatoms. The van der Waals surface area contributed by atoms with Crippen LogP contribution in [0.2, 0.25) is 0 Å². The summed E-state index contributed by atoms with van der Waals surface area (Å²) in [6.45, 7) is 3.72. The first-order chi connectivity index (χ1) is 9.92. The van der Waals surface area contributed by atoms with Crippen molar-refractivity contribution in [2.75, 3.05) is 20.7 Å². The number of aliphatic imine (C=N–C) groups is 1. The Morgan fingerprint density at radius 2 is 2.24 bits per heavy atom. The van der Waals surface area contributed by atoms with Crippen molar-refractivity contribution in [2.24, 2.45) is 4.99 Å². The van der Waals surface area contributed by atoms with E-state index in [-0.39, 0.29) is 18.4 Å². The third-order valence-corrected chi connectivity index (χ3v) is 2.20. The zero-order valence-electron chi connectivity index (χ0n) is 12.3. The summed E-state index contributed by atoms with van der Waals surface area (Å²) in [5, 5.41) is 0. The first-order valence-corrected chi connectivity index (χ1v) is 6.12. The fraction of sp³-hybridized carbons (Fsp3) is 0.385. The van der Waals surface area contributed by atoms with Crippen LogP contribution >= 0.6 is 0 Å². The van der Waals surface area contributed by atoms with E-state index in [0.29, 0.717) is 0 Å². The largest absolute Gasteiger partial charge is 0.516 e. The van der Waals surface area contributed by atoms with Crippen molar-refractivity contribution in [3.8, 4) is 6.01 Å². The summed E-state index contributed by atoms with van der Waals surface area (Å²) in [5.41, 5.74) is 0.864. The predicted molar refractivity (Wildman–Crippen MR) is 75.2 cm³/mol. The van der Waals surface area contributed by atoms with Gasteiger partial charge in [0, 0.05) is 14.1 Å². The van der Waals surface area contributed by atoms with Crippen LogP contribution in [-0.4, -0.2) is 48.1 Å². The number of ether oxygens (including phenoxy) is 2. The summed E-state index contributed by atoms with van der Waals surface area (Å²) < 4.78 is 23.0. The molecule has 0 saturated heterocycles. The van der Waals surface area contributed by atoms with E-state index in [9.17, 15) is 9.18 Å². The molecule has 21 heavy (non-hydrogen) atoms. The van der Waals surface area contributed by atoms with Crippen molar-refractivity contribution >= 4 is 18.3 Å². The number of nitrogens with zero attached hydrogens (tertiary/aromatic N) is 4. The van der Waals surface area contributed by atoms with Gasteiger partial charge in [-0.3, -0.25) is 0 Å². The van der Waals surface area contributed by atoms with Gasteiger partial charge in [0.05, 0.1) is 12.5 Å². The van der Waals surface area contributed by atoms with Crippen molar-refractivity contribution in [3.05, 3.63) is 23.7 Å². The summed E-state index contributed by atoms with van der Waals surface area (Å²) in [6, 6.07) is -0.328. The lowest BCUT2D eigenvalue weighted by Crippen LogP contribution is -2.14. The molecule has 0 N–H and O–H groups in total. The molecule has 0 unspecified atom stereocenters. The fourth-order valence-corrected chi connectivity index (χ4v) is 1.01. The Hall–Kier alpha value is -2.51. The number of hydrogen-bond acceptors (Lipinski definition) is 6. The average molecular weight is 296 g/mol. The molecule has 0 aliphatic heterocycles. The second-order valence-electron chi connectivity index (χ2n) is 4.31. The van der Waals surface area contributed by atoms with Crippen LogP contribution < -0.4 is 4.74 Å². The fourth-order valence-electron chi connectivity index (χ4n) is 1.01. The van der Waals surface area contributed by atoms with Crippen molar-refractivity contribution in [2.45, 2.75) is 13.8 Å². The monoisotopic (exact) mass is 296 g/mol. The minimum atomic E-state index is -0.967. The SMILES string of the molecule is C/C=C(\C)COC(=O)Oc1ncc(F)c(/N=C/N(C)C)n1. The van der Waals surface area contributed by atoms with Gasteiger partial charge in [-0.25, -0.2) is 19.2 Å². The van der Waals surface area contributed by atoms with Crippen LogP contribution in [0.4, 0.5) is 15.0 Å². The summed E-state index contributed by atoms with van der Waals surface area (Å²) >= 11 is 0. The molecule has 1 heterocycles. The van der Waals surface area contributed by atoms with Crippen LogP contribution in [0, 0.1) is 5.82 Å². The van der Waals surface area contributed by atoms with E-state index in [4.69, 9.17) is 9.47 Å². The molecular formula is C13H17FN4O3. The molecule has 0 amide bonds. The standard InChI is InChI=1S/C13H17FN4O3/c1-5-9(2)7-20-13(19)21-12-15-6-10(14)11(17-12)16-8-18(3)4/h5-6,8H,7H2,1-4H3/b9-5+,16-8+. The second kappa shape index (κ2) is 7.93. The van der Waals surface area contributed by atoms with Crippen LogP contribution in [0.25, 0.3) is 0 Å². The van der Waals surface area contributed by atoms with Gasteiger partial charge in [-0.1, -0.05) is 6.08 Å². The molecule has 114 valence electrons. The Morgan fingerprint density at radius 1 is 1.52 bits per heavy atom. The molecule has 1 aromatic heterocycles. The van der Waals surface area contributed by atoms with Gasteiger partial charge in [0.25, 0.3) is 0 Å². The Labute approximate surface area is 122 Å². The predicted octanol–water partition coefficient (Wildman–Crippen LogP) is 2.32.